The van der Waals surface area contributed by atoms with Crippen LogP contribution in [-0.4, -0.2) is 17.2 Å². The Morgan fingerprint density at radius 2 is 1.89 bits per heavy atom. The quantitative estimate of drug-likeness (QED) is 0.895. The number of ether oxygens (including phenoxy) is 1. The third-order valence-electron chi connectivity index (χ3n) is 3.41. The molecule has 0 bridgehead atoms. The first kappa shape index (κ1) is 13.6. The van der Waals surface area contributed by atoms with E-state index in [0.717, 1.165) is 17.0 Å². The zero-order valence-corrected chi connectivity index (χ0v) is 11.3. The van der Waals surface area contributed by atoms with E-state index in [-0.39, 0.29) is 0 Å². The van der Waals surface area contributed by atoms with Gasteiger partial charge in [-0.25, -0.2) is 0 Å². The highest BCUT2D eigenvalue weighted by Gasteiger charge is 2.28. The summed E-state index contributed by atoms with van der Waals surface area (Å²) < 4.78 is 5.14. The van der Waals surface area contributed by atoms with Gasteiger partial charge in [-0.3, -0.25) is 4.98 Å². The van der Waals surface area contributed by atoms with Crippen LogP contribution >= 0.6 is 0 Å². The molecule has 0 aliphatic carbocycles. The molecule has 1 aromatic carbocycles. The minimum Gasteiger partial charge on any atom is -0.497 e. The van der Waals surface area contributed by atoms with Crippen molar-refractivity contribution in [1.82, 2.24) is 4.98 Å². The van der Waals surface area contributed by atoms with Crippen LogP contribution in [-0.2, 0) is 12.0 Å². The summed E-state index contributed by atoms with van der Waals surface area (Å²) >= 11 is 0. The number of aliphatic hydroxyl groups is 1. The molecule has 1 heterocycles. The van der Waals surface area contributed by atoms with Crippen LogP contribution in [0, 0.1) is 0 Å². The molecule has 0 aliphatic rings. The van der Waals surface area contributed by atoms with E-state index in [1.54, 1.807) is 13.3 Å². The Kier molecular flexibility index (Phi) is 4.17. The van der Waals surface area contributed by atoms with Crippen molar-refractivity contribution in [2.45, 2.75) is 25.4 Å². The number of benzene rings is 1. The third-order valence-corrected chi connectivity index (χ3v) is 3.41. The molecular weight excluding hydrogens is 238 g/mol. The number of hydrogen-bond acceptors (Lipinski definition) is 3. The highest BCUT2D eigenvalue weighted by molar-refractivity contribution is 5.31. The summed E-state index contributed by atoms with van der Waals surface area (Å²) in [7, 11) is 1.63. The molecule has 0 radical (unpaired) electrons. The molecule has 0 fully saturated rings. The maximum Gasteiger partial charge on any atom is 0.118 e. The van der Waals surface area contributed by atoms with Crippen molar-refractivity contribution in [2.75, 3.05) is 7.11 Å². The molecule has 0 amide bonds. The second-order valence-corrected chi connectivity index (χ2v) is 4.61. The van der Waals surface area contributed by atoms with Crippen LogP contribution in [0.25, 0.3) is 0 Å². The van der Waals surface area contributed by atoms with Gasteiger partial charge in [0.15, 0.2) is 0 Å². The van der Waals surface area contributed by atoms with Crippen molar-refractivity contribution in [3.8, 4) is 5.75 Å². The number of rotatable bonds is 5. The molecule has 2 aromatic rings. The molecule has 0 saturated heterocycles. The fraction of sp³-hybridized carbons (Fsp3) is 0.312. The number of hydrogen-bond donors (Lipinski definition) is 1. The summed E-state index contributed by atoms with van der Waals surface area (Å²) in [6.07, 6.45) is 2.89. The number of pyridine rings is 1. The summed E-state index contributed by atoms with van der Waals surface area (Å²) in [5, 5.41) is 10.8. The standard InChI is InChI=1S/C16H19NO2/c1-3-16(18,12-14-6-4-5-11-17-14)13-7-9-15(19-2)10-8-13/h4-11,18H,3,12H2,1-2H3/t16-/m0/s1. The molecule has 0 unspecified atom stereocenters. The Labute approximate surface area is 113 Å². The van der Waals surface area contributed by atoms with Gasteiger partial charge in [-0.15, -0.1) is 0 Å². The fourth-order valence-corrected chi connectivity index (χ4v) is 2.13. The van der Waals surface area contributed by atoms with Crippen LogP contribution in [0.3, 0.4) is 0 Å². The molecule has 1 N–H and O–H groups in total. The minimum absolute atomic E-state index is 0.511. The Balaban J connectivity index is 2.25. The van der Waals surface area contributed by atoms with Crippen molar-refractivity contribution in [2.24, 2.45) is 0 Å². The predicted octanol–water partition coefficient (Wildman–Crippen LogP) is 2.93. The lowest BCUT2D eigenvalue weighted by molar-refractivity contribution is 0.0317. The number of methoxy groups -OCH3 is 1. The highest BCUT2D eigenvalue weighted by Crippen LogP contribution is 2.29. The van der Waals surface area contributed by atoms with Crippen LogP contribution in [0.4, 0.5) is 0 Å². The molecule has 0 aliphatic heterocycles. The van der Waals surface area contributed by atoms with Gasteiger partial charge in [0.1, 0.15) is 5.75 Å². The fourth-order valence-electron chi connectivity index (χ4n) is 2.13. The second kappa shape index (κ2) is 5.85. The largest absolute Gasteiger partial charge is 0.497 e. The minimum atomic E-state index is -0.888. The van der Waals surface area contributed by atoms with E-state index in [4.69, 9.17) is 4.74 Å². The zero-order valence-electron chi connectivity index (χ0n) is 11.3. The van der Waals surface area contributed by atoms with Gasteiger partial charge in [-0.05, 0) is 36.2 Å². The molecule has 1 aromatic heterocycles. The van der Waals surface area contributed by atoms with Gasteiger partial charge in [0.25, 0.3) is 0 Å². The van der Waals surface area contributed by atoms with Crippen LogP contribution in [0.1, 0.15) is 24.6 Å². The van der Waals surface area contributed by atoms with Gasteiger partial charge in [-0.2, -0.15) is 0 Å². The Morgan fingerprint density at radius 3 is 2.42 bits per heavy atom. The first-order valence-electron chi connectivity index (χ1n) is 6.45. The Bertz CT molecular complexity index is 510. The summed E-state index contributed by atoms with van der Waals surface area (Å²) in [5.74, 6) is 0.792. The van der Waals surface area contributed by atoms with E-state index in [1.165, 1.54) is 0 Å². The lowest BCUT2D eigenvalue weighted by atomic mass is 9.86. The summed E-state index contributed by atoms with van der Waals surface area (Å²) in [6.45, 7) is 1.98. The molecule has 3 nitrogen and oxygen atoms in total. The lowest BCUT2D eigenvalue weighted by Crippen LogP contribution is -2.28. The van der Waals surface area contributed by atoms with Gasteiger partial charge in [0.05, 0.1) is 12.7 Å². The number of aromatic nitrogens is 1. The van der Waals surface area contributed by atoms with Crippen LogP contribution in [0.2, 0.25) is 0 Å². The topological polar surface area (TPSA) is 42.4 Å². The third kappa shape index (κ3) is 3.12. The molecule has 0 saturated carbocycles. The second-order valence-electron chi connectivity index (χ2n) is 4.61. The van der Waals surface area contributed by atoms with Gasteiger partial charge in [0, 0.05) is 18.3 Å². The monoisotopic (exact) mass is 257 g/mol. The van der Waals surface area contributed by atoms with E-state index in [9.17, 15) is 5.11 Å². The SMILES string of the molecule is CC[C@](O)(Cc1ccccn1)c1ccc(OC)cc1. The van der Waals surface area contributed by atoms with Gasteiger partial charge in [0.2, 0.25) is 0 Å². The van der Waals surface area contributed by atoms with Crippen molar-refractivity contribution in [3.63, 3.8) is 0 Å². The van der Waals surface area contributed by atoms with Gasteiger partial charge >= 0.3 is 0 Å². The van der Waals surface area contributed by atoms with Crippen molar-refractivity contribution in [3.05, 3.63) is 59.9 Å². The molecule has 2 rings (SSSR count). The van der Waals surface area contributed by atoms with Crippen LogP contribution in [0.15, 0.2) is 48.7 Å². The molecule has 1 atom stereocenters. The molecular formula is C16H19NO2. The molecule has 0 spiro atoms. The number of nitrogens with zero attached hydrogens (tertiary/aromatic N) is 1. The van der Waals surface area contributed by atoms with Gasteiger partial charge in [-0.1, -0.05) is 25.1 Å². The first-order valence-corrected chi connectivity index (χ1v) is 6.45. The molecule has 3 heteroatoms. The maximum absolute atomic E-state index is 10.8. The van der Waals surface area contributed by atoms with Crippen molar-refractivity contribution < 1.29 is 9.84 Å². The van der Waals surface area contributed by atoms with Crippen molar-refractivity contribution >= 4 is 0 Å². The van der Waals surface area contributed by atoms with Gasteiger partial charge < -0.3 is 9.84 Å². The van der Waals surface area contributed by atoms with Crippen molar-refractivity contribution in [1.29, 1.82) is 0 Å². The van der Waals surface area contributed by atoms with E-state index in [0.29, 0.717) is 12.8 Å². The maximum atomic E-state index is 10.8. The predicted molar refractivity (Wildman–Crippen MR) is 75.1 cm³/mol. The Hall–Kier alpha value is -1.87. The van der Waals surface area contributed by atoms with E-state index in [2.05, 4.69) is 4.98 Å². The zero-order chi connectivity index (χ0) is 13.7. The van der Waals surface area contributed by atoms with E-state index < -0.39 is 5.60 Å². The Morgan fingerprint density at radius 1 is 1.16 bits per heavy atom. The summed E-state index contributed by atoms with van der Waals surface area (Å²) in [6, 6.07) is 13.3. The normalized spacial score (nSPS) is 13.8. The van der Waals surface area contributed by atoms with E-state index in [1.807, 2.05) is 49.4 Å². The summed E-state index contributed by atoms with van der Waals surface area (Å²) in [5.41, 5.74) is 0.893. The molecule has 19 heavy (non-hydrogen) atoms. The van der Waals surface area contributed by atoms with Crippen LogP contribution < -0.4 is 4.74 Å². The highest BCUT2D eigenvalue weighted by atomic mass is 16.5. The lowest BCUT2D eigenvalue weighted by Gasteiger charge is -2.27. The average molecular weight is 257 g/mol. The van der Waals surface area contributed by atoms with E-state index >= 15 is 0 Å². The van der Waals surface area contributed by atoms with Crippen LogP contribution in [0.5, 0.6) is 5.75 Å². The first-order chi connectivity index (χ1) is 9.18. The molecule has 100 valence electrons. The smallest absolute Gasteiger partial charge is 0.118 e. The summed E-state index contributed by atoms with van der Waals surface area (Å²) in [4.78, 5) is 4.29. The average Bonchev–Trinajstić information content (AvgIpc) is 2.48.